The van der Waals surface area contributed by atoms with Gasteiger partial charge in [0.15, 0.2) is 0 Å². The van der Waals surface area contributed by atoms with Crippen LogP contribution in [0.5, 0.6) is 5.75 Å². The van der Waals surface area contributed by atoms with Gasteiger partial charge in [-0.2, -0.15) is 0 Å². The van der Waals surface area contributed by atoms with Crippen molar-refractivity contribution in [3.63, 3.8) is 0 Å². The Morgan fingerprint density at radius 3 is 2.33 bits per heavy atom. The molecule has 0 saturated carbocycles. The minimum absolute atomic E-state index is 0.0533. The Morgan fingerprint density at radius 2 is 1.70 bits per heavy atom. The topological polar surface area (TPSA) is 144 Å². The number of hydrogen-bond acceptors (Lipinski definition) is 8. The first-order chi connectivity index (χ1) is 19.3. The van der Waals surface area contributed by atoms with E-state index < -0.39 is 36.4 Å². The lowest BCUT2D eigenvalue weighted by atomic mass is 9.81. The third-order valence-electron chi connectivity index (χ3n) is 6.43. The van der Waals surface area contributed by atoms with Gasteiger partial charge < -0.3 is 29.6 Å². The van der Waals surface area contributed by atoms with Crippen LogP contribution >= 0.6 is 0 Å². The largest absolute Gasteiger partial charge is 0.494 e. The second kappa shape index (κ2) is 19.3. The molecule has 1 aromatic carbocycles. The molecule has 2 aliphatic heterocycles. The van der Waals surface area contributed by atoms with Crippen LogP contribution in [0.15, 0.2) is 24.3 Å². The number of fused-ring (bicyclic) bond motifs is 11. The summed E-state index contributed by atoms with van der Waals surface area (Å²) in [6, 6.07) is 6.43. The molecular formula is C28H44FN3O8. The molecule has 3 atom stereocenters. The highest BCUT2D eigenvalue weighted by atomic mass is 19.1. The summed E-state index contributed by atoms with van der Waals surface area (Å²) in [4.78, 5) is 39.3. The fourth-order valence-corrected chi connectivity index (χ4v) is 4.46. The lowest BCUT2D eigenvalue weighted by Gasteiger charge is -2.29. The van der Waals surface area contributed by atoms with E-state index in [1.165, 1.54) is 0 Å². The first-order valence-electron chi connectivity index (χ1n) is 13.9. The van der Waals surface area contributed by atoms with Gasteiger partial charge in [0.05, 0.1) is 52.2 Å². The van der Waals surface area contributed by atoms with Gasteiger partial charge in [0, 0.05) is 18.9 Å². The van der Waals surface area contributed by atoms with Crippen LogP contribution in [0.25, 0.3) is 0 Å². The molecule has 2 bridgehead atoms. The quantitative estimate of drug-likeness (QED) is 0.142. The van der Waals surface area contributed by atoms with Crippen molar-refractivity contribution in [3.05, 3.63) is 29.8 Å². The first kappa shape index (κ1) is 33.4. The predicted octanol–water partition coefficient (Wildman–Crippen LogP) is 1.81. The molecule has 4 N–H and O–H groups in total. The molecule has 226 valence electrons. The molecule has 0 aromatic heterocycles. The minimum atomic E-state index is -0.887. The van der Waals surface area contributed by atoms with Gasteiger partial charge in [-0.3, -0.25) is 19.6 Å². The SMILES string of the molecule is CC(C)C[C@H]1C(=O)N[C@H](C(=O)NCCOCCOCCOCCF)Cc2ccc(cc2)OCCC[C@@H]1C(=O)NO. The Labute approximate surface area is 235 Å². The number of benzene rings is 1. The summed E-state index contributed by atoms with van der Waals surface area (Å²) >= 11 is 0. The van der Waals surface area contributed by atoms with Crippen molar-refractivity contribution < 1.29 is 42.9 Å². The molecule has 2 aliphatic rings. The molecule has 0 radical (unpaired) electrons. The average Bonchev–Trinajstić information content (AvgIpc) is 2.94. The average molecular weight is 570 g/mol. The molecule has 0 saturated heterocycles. The highest BCUT2D eigenvalue weighted by Crippen LogP contribution is 2.27. The zero-order valence-corrected chi connectivity index (χ0v) is 23.5. The van der Waals surface area contributed by atoms with E-state index in [-0.39, 0.29) is 38.0 Å². The van der Waals surface area contributed by atoms with Crippen molar-refractivity contribution >= 4 is 17.7 Å². The Kier molecular flexibility index (Phi) is 16.1. The Hall–Kier alpha value is -2.80. The van der Waals surface area contributed by atoms with E-state index in [4.69, 9.17) is 18.9 Å². The molecule has 40 heavy (non-hydrogen) atoms. The number of carbonyl (C=O) groups excluding carboxylic acids is 3. The third-order valence-corrected chi connectivity index (χ3v) is 6.43. The number of nitrogens with one attached hydrogen (secondary N) is 3. The van der Waals surface area contributed by atoms with Gasteiger partial charge in [-0.1, -0.05) is 26.0 Å². The van der Waals surface area contributed by atoms with E-state index in [1.807, 2.05) is 26.0 Å². The van der Waals surface area contributed by atoms with Gasteiger partial charge in [-0.15, -0.1) is 0 Å². The number of carbonyl (C=O) groups is 3. The van der Waals surface area contributed by atoms with Crippen molar-refractivity contribution in [1.82, 2.24) is 16.1 Å². The van der Waals surface area contributed by atoms with Crippen molar-refractivity contribution in [2.24, 2.45) is 17.8 Å². The number of alkyl halides is 1. The van der Waals surface area contributed by atoms with Gasteiger partial charge >= 0.3 is 0 Å². The lowest BCUT2D eigenvalue weighted by Crippen LogP contribution is -2.52. The molecular weight excluding hydrogens is 525 g/mol. The molecule has 0 fully saturated rings. The van der Waals surface area contributed by atoms with Gasteiger partial charge in [-0.25, -0.2) is 9.87 Å². The van der Waals surface area contributed by atoms with Gasteiger partial charge in [0.1, 0.15) is 18.5 Å². The molecule has 3 amide bonds. The monoisotopic (exact) mass is 569 g/mol. The molecule has 11 nitrogen and oxygen atoms in total. The lowest BCUT2D eigenvalue weighted by molar-refractivity contribution is -0.142. The summed E-state index contributed by atoms with van der Waals surface area (Å²) in [6.45, 7) is 5.57. The zero-order valence-electron chi connectivity index (χ0n) is 23.5. The maximum Gasteiger partial charge on any atom is 0.247 e. The second-order valence-corrected chi connectivity index (χ2v) is 10.0. The summed E-state index contributed by atoms with van der Waals surface area (Å²) in [5, 5.41) is 15.0. The van der Waals surface area contributed by atoms with Gasteiger partial charge in [-0.05, 0) is 42.9 Å². The molecule has 1 aromatic rings. The Bertz CT molecular complexity index is 887. The predicted molar refractivity (Wildman–Crippen MR) is 145 cm³/mol. The minimum Gasteiger partial charge on any atom is -0.494 e. The highest BCUT2D eigenvalue weighted by Gasteiger charge is 2.36. The molecule has 2 heterocycles. The summed E-state index contributed by atoms with van der Waals surface area (Å²) in [5.41, 5.74) is 2.54. The Morgan fingerprint density at radius 1 is 1.05 bits per heavy atom. The maximum atomic E-state index is 13.5. The Balaban J connectivity index is 2.02. The van der Waals surface area contributed by atoms with E-state index in [9.17, 15) is 24.0 Å². The number of amides is 3. The molecule has 12 heteroatoms. The molecule has 0 spiro atoms. The number of hydroxylamine groups is 1. The highest BCUT2D eigenvalue weighted by molar-refractivity contribution is 5.91. The van der Waals surface area contributed by atoms with Crippen molar-refractivity contribution in [2.75, 3.05) is 59.5 Å². The number of ether oxygens (including phenoxy) is 4. The van der Waals surface area contributed by atoms with Crippen LogP contribution in [0.1, 0.15) is 38.7 Å². The van der Waals surface area contributed by atoms with E-state index in [2.05, 4.69) is 10.6 Å². The van der Waals surface area contributed by atoms with E-state index in [1.54, 1.807) is 17.6 Å². The van der Waals surface area contributed by atoms with Crippen molar-refractivity contribution in [1.29, 1.82) is 0 Å². The maximum absolute atomic E-state index is 13.5. The van der Waals surface area contributed by atoms with Gasteiger partial charge in [0.25, 0.3) is 0 Å². The molecule has 0 aliphatic carbocycles. The fraction of sp³-hybridized carbons (Fsp3) is 0.679. The number of rotatable bonds is 15. The van der Waals surface area contributed by atoms with Crippen LogP contribution in [0.3, 0.4) is 0 Å². The number of halogens is 1. The molecule has 3 rings (SSSR count). The van der Waals surface area contributed by atoms with Crippen LogP contribution < -0.4 is 20.9 Å². The van der Waals surface area contributed by atoms with Crippen LogP contribution in [0.4, 0.5) is 4.39 Å². The first-order valence-corrected chi connectivity index (χ1v) is 13.9. The summed E-state index contributed by atoms with van der Waals surface area (Å²) < 4.78 is 33.5. The van der Waals surface area contributed by atoms with Crippen LogP contribution in [0, 0.1) is 17.8 Å². The smallest absolute Gasteiger partial charge is 0.247 e. The van der Waals surface area contributed by atoms with Gasteiger partial charge in [0.2, 0.25) is 17.7 Å². The van der Waals surface area contributed by atoms with Crippen molar-refractivity contribution in [2.45, 2.75) is 45.6 Å². The van der Waals surface area contributed by atoms with Crippen LogP contribution in [-0.2, 0) is 35.0 Å². The fourth-order valence-electron chi connectivity index (χ4n) is 4.46. The van der Waals surface area contributed by atoms with E-state index >= 15 is 0 Å². The third kappa shape index (κ3) is 12.6. The summed E-state index contributed by atoms with van der Waals surface area (Å²) in [7, 11) is 0. The van der Waals surface area contributed by atoms with Crippen LogP contribution in [0.2, 0.25) is 0 Å². The van der Waals surface area contributed by atoms with Crippen LogP contribution in [-0.4, -0.2) is 88.4 Å². The normalized spacial score (nSPS) is 19.9. The molecule has 0 unspecified atom stereocenters. The standard InChI is InChI=1S/C28H44FN3O8/c1-20(2)18-24-23(27(34)32-36)4-3-11-40-22-7-5-21(6-8-22)19-25(31-26(24)33)28(35)30-10-13-38-15-17-39-16-14-37-12-9-29/h5-8,20,23-25,36H,3-4,9-19H2,1-2H3,(H,30,35)(H,31,33)(H,32,34)/t23-,24+,25-/m0/s1. The summed E-state index contributed by atoms with van der Waals surface area (Å²) in [5.74, 6) is -2.18. The van der Waals surface area contributed by atoms with Crippen molar-refractivity contribution in [3.8, 4) is 5.75 Å². The van der Waals surface area contributed by atoms with E-state index in [0.29, 0.717) is 58.0 Å². The summed E-state index contributed by atoms with van der Waals surface area (Å²) in [6.07, 6.45) is 1.48. The zero-order chi connectivity index (χ0) is 29.2. The number of hydrogen-bond donors (Lipinski definition) is 4. The van der Waals surface area contributed by atoms with E-state index in [0.717, 1.165) is 5.56 Å². The second-order valence-electron chi connectivity index (χ2n) is 10.0.